The summed E-state index contributed by atoms with van der Waals surface area (Å²) in [5.74, 6) is -1.72. The third-order valence-electron chi connectivity index (χ3n) is 6.80. The second kappa shape index (κ2) is 8.07. The molecule has 7 heteroatoms. The van der Waals surface area contributed by atoms with Crippen molar-refractivity contribution in [3.63, 3.8) is 0 Å². The second-order valence-corrected chi connectivity index (χ2v) is 10.1. The van der Waals surface area contributed by atoms with Crippen molar-refractivity contribution < 1.29 is 28.6 Å². The molecule has 0 spiro atoms. The van der Waals surface area contributed by atoms with Gasteiger partial charge in [0.15, 0.2) is 0 Å². The summed E-state index contributed by atoms with van der Waals surface area (Å²) in [6.07, 6.45) is 0.587. The van der Waals surface area contributed by atoms with Crippen LogP contribution < -0.4 is 0 Å². The molecule has 3 fully saturated rings. The van der Waals surface area contributed by atoms with Crippen LogP contribution >= 0.6 is 22.6 Å². The first-order chi connectivity index (χ1) is 14.6. The summed E-state index contributed by atoms with van der Waals surface area (Å²) in [7, 11) is 0. The third kappa shape index (κ3) is 4.04. The van der Waals surface area contributed by atoms with E-state index in [9.17, 15) is 14.4 Å². The fraction of sp³-hybridized carbons (Fsp3) is 0.458. The number of hydrogen-bond donors (Lipinski definition) is 0. The van der Waals surface area contributed by atoms with Gasteiger partial charge in [0.1, 0.15) is 17.8 Å². The third-order valence-corrected chi connectivity index (χ3v) is 7.52. The van der Waals surface area contributed by atoms with Crippen molar-refractivity contribution in [2.24, 2.45) is 17.8 Å². The Morgan fingerprint density at radius 1 is 1.23 bits per heavy atom. The van der Waals surface area contributed by atoms with E-state index in [1.54, 1.807) is 12.1 Å². The first-order valence-electron chi connectivity index (χ1n) is 10.3. The van der Waals surface area contributed by atoms with Gasteiger partial charge in [0, 0.05) is 46.7 Å². The van der Waals surface area contributed by atoms with Crippen molar-refractivity contribution in [3.8, 4) is 0 Å². The molecule has 4 rings (SSSR count). The van der Waals surface area contributed by atoms with E-state index >= 15 is 0 Å². The van der Waals surface area contributed by atoms with Crippen molar-refractivity contribution in [1.82, 2.24) is 0 Å². The number of rotatable bonds is 3. The summed E-state index contributed by atoms with van der Waals surface area (Å²) in [6, 6.07) is 7.17. The maximum Gasteiger partial charge on any atom is 0.338 e. The average molecular weight is 536 g/mol. The number of hydrogen-bond acceptors (Lipinski definition) is 6. The topological polar surface area (TPSA) is 78.9 Å². The van der Waals surface area contributed by atoms with Gasteiger partial charge >= 0.3 is 17.9 Å². The minimum absolute atomic E-state index is 0.167. The van der Waals surface area contributed by atoms with Crippen LogP contribution in [0.2, 0.25) is 0 Å². The standard InChI is InChI=1S/C24H25IO6/c1-12-9-19-17(13(2)22(27)29-19)10-18-21(12)20(11-24(18,4)31-14(3)26)30-23(28)15-5-7-16(25)8-6-15/h5-8,17-21H,1-2,9-11H2,3-4H3. The normalized spacial score (nSPS) is 34.4. The Hall–Kier alpha value is -2.16. The molecule has 2 saturated carbocycles. The Kier molecular flexibility index (Phi) is 5.74. The van der Waals surface area contributed by atoms with Crippen LogP contribution in [0.15, 0.2) is 48.6 Å². The Labute approximate surface area is 195 Å². The zero-order chi connectivity index (χ0) is 22.5. The van der Waals surface area contributed by atoms with Crippen molar-refractivity contribution in [3.05, 3.63) is 57.7 Å². The first-order valence-corrected chi connectivity index (χ1v) is 11.4. The van der Waals surface area contributed by atoms with Crippen LogP contribution in [0.25, 0.3) is 0 Å². The maximum atomic E-state index is 12.9. The number of fused-ring (bicyclic) bond motifs is 2. The fourth-order valence-electron chi connectivity index (χ4n) is 5.43. The van der Waals surface area contributed by atoms with Gasteiger partial charge in [0.25, 0.3) is 0 Å². The monoisotopic (exact) mass is 536 g/mol. The van der Waals surface area contributed by atoms with Gasteiger partial charge in [0.2, 0.25) is 0 Å². The van der Waals surface area contributed by atoms with E-state index in [4.69, 9.17) is 14.2 Å². The number of carbonyl (C=O) groups excluding carboxylic acids is 3. The zero-order valence-electron chi connectivity index (χ0n) is 17.6. The number of esters is 3. The summed E-state index contributed by atoms with van der Waals surface area (Å²) in [6.45, 7) is 11.4. The van der Waals surface area contributed by atoms with Crippen LogP contribution in [0.1, 0.15) is 43.5 Å². The highest BCUT2D eigenvalue weighted by atomic mass is 127. The van der Waals surface area contributed by atoms with E-state index in [0.717, 1.165) is 9.14 Å². The predicted molar refractivity (Wildman–Crippen MR) is 121 cm³/mol. The van der Waals surface area contributed by atoms with Gasteiger partial charge in [-0.05, 0) is 60.2 Å². The van der Waals surface area contributed by atoms with E-state index in [-0.39, 0.29) is 29.8 Å². The lowest BCUT2D eigenvalue weighted by Gasteiger charge is -2.33. The molecule has 0 aromatic heterocycles. The van der Waals surface area contributed by atoms with Crippen molar-refractivity contribution in [2.45, 2.75) is 50.9 Å². The molecule has 3 aliphatic rings. The Morgan fingerprint density at radius 2 is 1.90 bits per heavy atom. The van der Waals surface area contributed by atoms with E-state index < -0.39 is 23.6 Å². The predicted octanol–water partition coefficient (Wildman–Crippen LogP) is 4.22. The molecule has 0 radical (unpaired) electrons. The molecule has 6 nitrogen and oxygen atoms in total. The first kappa shape index (κ1) is 22.0. The Balaban J connectivity index is 1.65. The molecule has 1 aromatic carbocycles. The SMILES string of the molecule is C=C1C(=O)OC2CC(=C)C3C(OC(=O)c4ccc(I)cc4)CC(C)(OC(C)=O)C3CC12. The Morgan fingerprint density at radius 3 is 2.55 bits per heavy atom. The van der Waals surface area contributed by atoms with Crippen LogP contribution in [-0.2, 0) is 23.8 Å². The van der Waals surface area contributed by atoms with E-state index in [2.05, 4.69) is 35.7 Å². The summed E-state index contributed by atoms with van der Waals surface area (Å²) >= 11 is 2.18. The van der Waals surface area contributed by atoms with Crippen molar-refractivity contribution in [2.75, 3.05) is 0 Å². The average Bonchev–Trinajstić information content (AvgIpc) is 3.02. The molecule has 31 heavy (non-hydrogen) atoms. The second-order valence-electron chi connectivity index (χ2n) is 8.87. The minimum Gasteiger partial charge on any atom is -0.459 e. The molecule has 0 amide bonds. The van der Waals surface area contributed by atoms with Crippen LogP contribution in [0.3, 0.4) is 0 Å². The summed E-state index contributed by atoms with van der Waals surface area (Å²) < 4.78 is 18.3. The highest BCUT2D eigenvalue weighted by Gasteiger charge is 2.59. The molecule has 0 bridgehead atoms. The molecule has 164 valence electrons. The lowest BCUT2D eigenvalue weighted by atomic mass is 9.78. The summed E-state index contributed by atoms with van der Waals surface area (Å²) in [5.41, 5.74) is 0.910. The van der Waals surface area contributed by atoms with Crippen LogP contribution in [-0.4, -0.2) is 35.7 Å². The van der Waals surface area contributed by atoms with E-state index in [1.165, 1.54) is 6.92 Å². The number of ether oxygens (including phenoxy) is 3. The lowest BCUT2D eigenvalue weighted by molar-refractivity contribution is -0.160. The van der Waals surface area contributed by atoms with E-state index in [0.29, 0.717) is 30.4 Å². The summed E-state index contributed by atoms with van der Waals surface area (Å²) in [5, 5.41) is 0. The van der Waals surface area contributed by atoms with Gasteiger partial charge in [-0.15, -0.1) is 0 Å². The van der Waals surface area contributed by atoms with Crippen LogP contribution in [0.5, 0.6) is 0 Å². The maximum absolute atomic E-state index is 12.9. The Bertz CT molecular complexity index is 967. The van der Waals surface area contributed by atoms with Gasteiger partial charge in [-0.1, -0.05) is 18.7 Å². The molecule has 1 aliphatic heterocycles. The molecule has 1 heterocycles. The molecule has 1 aromatic rings. The molecule has 2 aliphatic carbocycles. The van der Waals surface area contributed by atoms with Gasteiger partial charge < -0.3 is 14.2 Å². The lowest BCUT2D eigenvalue weighted by Crippen LogP contribution is -2.38. The zero-order valence-corrected chi connectivity index (χ0v) is 19.7. The highest BCUT2D eigenvalue weighted by molar-refractivity contribution is 14.1. The largest absolute Gasteiger partial charge is 0.459 e. The number of carbonyl (C=O) groups is 3. The van der Waals surface area contributed by atoms with Gasteiger partial charge in [-0.25, -0.2) is 9.59 Å². The number of benzene rings is 1. The van der Waals surface area contributed by atoms with Crippen LogP contribution in [0.4, 0.5) is 0 Å². The van der Waals surface area contributed by atoms with Gasteiger partial charge in [-0.2, -0.15) is 0 Å². The highest BCUT2D eigenvalue weighted by Crippen LogP contribution is 2.55. The van der Waals surface area contributed by atoms with E-state index in [1.807, 2.05) is 19.1 Å². The molecule has 6 unspecified atom stereocenters. The summed E-state index contributed by atoms with van der Waals surface area (Å²) in [4.78, 5) is 36.9. The molecular weight excluding hydrogens is 511 g/mol. The smallest absolute Gasteiger partial charge is 0.338 e. The minimum atomic E-state index is -0.850. The molecule has 6 atom stereocenters. The molecule has 1 saturated heterocycles. The number of halogens is 1. The van der Waals surface area contributed by atoms with Crippen LogP contribution in [0, 0.1) is 21.3 Å². The van der Waals surface area contributed by atoms with Crippen molar-refractivity contribution >= 4 is 40.5 Å². The molecule has 0 N–H and O–H groups in total. The quantitative estimate of drug-likeness (QED) is 0.189. The van der Waals surface area contributed by atoms with Gasteiger partial charge in [0.05, 0.1) is 5.56 Å². The van der Waals surface area contributed by atoms with Gasteiger partial charge in [-0.3, -0.25) is 4.79 Å². The molecular formula is C24H25IO6. The fourth-order valence-corrected chi connectivity index (χ4v) is 5.79. The van der Waals surface area contributed by atoms with Crippen molar-refractivity contribution in [1.29, 1.82) is 0 Å².